The molecule has 4 bridgehead atoms. The SMILES string of the molecule is CO[C@H]1/C=C/O[C@@]2(C)Oc3c(C)c(O)c4c(=O)c(c5sc6cc(N7CCN(C(=O)OCc8ccc(NC(=O)[C@H](CCCNC(N)=O)NC(=O)[C@@H](NC(=O)CCCCCN9C(=O)C=CC9=O)C(C)C)cc8)CC7)cc(=O)c6nc5c4c3=C2O)NC(=O)/C(C)=C\C=C\[C@H](C)[C@H](O)[C@@H](C)[C@@H](O)[C@@H](C)[C@H](O)[C@@H]1C. The van der Waals surface area contributed by atoms with E-state index in [0.29, 0.717) is 40.9 Å². The van der Waals surface area contributed by atoms with Crippen molar-refractivity contribution in [2.75, 3.05) is 61.9 Å². The third kappa shape index (κ3) is 17.4. The highest BCUT2D eigenvalue weighted by atomic mass is 32.1. The van der Waals surface area contributed by atoms with Crippen LogP contribution in [0.1, 0.15) is 105 Å². The van der Waals surface area contributed by atoms with E-state index >= 15 is 4.79 Å². The summed E-state index contributed by atoms with van der Waals surface area (Å²) in [6.45, 7) is 15.7. The number of phenolic OH excluding ortho intramolecular Hbond substituents is 1. The molecule has 558 valence electrons. The monoisotopic (exact) mass is 1460 g/mol. The van der Waals surface area contributed by atoms with Crippen molar-refractivity contribution in [1.29, 1.82) is 0 Å². The third-order valence-electron chi connectivity index (χ3n) is 19.7. The van der Waals surface area contributed by atoms with Crippen LogP contribution in [-0.2, 0) is 49.6 Å². The van der Waals surface area contributed by atoms with E-state index in [-0.39, 0.29) is 137 Å². The molecule has 1 fully saturated rings. The lowest BCUT2D eigenvalue weighted by molar-refractivity contribution is -0.137. The van der Waals surface area contributed by atoms with E-state index in [9.17, 15) is 68.7 Å². The number of allylic oxidation sites excluding steroid dienone is 2. The number of amides is 9. The molecule has 0 saturated carbocycles. The first-order valence-electron chi connectivity index (χ1n) is 34.7. The van der Waals surface area contributed by atoms with Crippen LogP contribution in [0.3, 0.4) is 0 Å². The molecule has 5 heterocycles. The first kappa shape index (κ1) is 78.1. The summed E-state index contributed by atoms with van der Waals surface area (Å²) in [4.78, 5) is 143. The van der Waals surface area contributed by atoms with Gasteiger partial charge in [0, 0.05) is 130 Å². The van der Waals surface area contributed by atoms with Gasteiger partial charge in [-0.2, -0.15) is 0 Å². The summed E-state index contributed by atoms with van der Waals surface area (Å²) >= 11 is 0.961. The second-order valence-corrected chi connectivity index (χ2v) is 28.5. The number of hydrogen-bond donors (Lipinski definition) is 11. The number of unbranched alkanes of at least 4 members (excludes halogenated alkanes) is 2. The number of ether oxygens (including phenoxy) is 4. The number of nitrogens with zero attached hydrogens (tertiary/aromatic N) is 4. The molecule has 104 heavy (non-hydrogen) atoms. The van der Waals surface area contributed by atoms with Gasteiger partial charge in [-0.1, -0.05) is 78.3 Å². The molecule has 11 atom stereocenters. The van der Waals surface area contributed by atoms with E-state index in [1.165, 1.54) is 69.4 Å². The molecule has 0 radical (unpaired) electrons. The molecule has 9 amide bonds. The van der Waals surface area contributed by atoms with Gasteiger partial charge in [-0.05, 0) is 75.3 Å². The van der Waals surface area contributed by atoms with Gasteiger partial charge in [0.1, 0.15) is 41.4 Å². The van der Waals surface area contributed by atoms with Gasteiger partial charge in [0.15, 0.2) is 5.76 Å². The first-order chi connectivity index (χ1) is 49.3. The van der Waals surface area contributed by atoms with Gasteiger partial charge < -0.3 is 86.6 Å². The molecule has 5 aromatic rings. The lowest BCUT2D eigenvalue weighted by Gasteiger charge is -2.36. The van der Waals surface area contributed by atoms with Crippen LogP contribution >= 0.6 is 11.3 Å². The molecule has 9 rings (SSSR count). The Morgan fingerprint density at radius 3 is 2.16 bits per heavy atom. The van der Waals surface area contributed by atoms with Crippen molar-refractivity contribution in [1.82, 2.24) is 30.7 Å². The molecule has 4 aliphatic rings. The fourth-order valence-electron chi connectivity index (χ4n) is 13.2. The number of primary amides is 1. The quantitative estimate of drug-likeness (QED) is 0.0201. The predicted octanol–water partition coefficient (Wildman–Crippen LogP) is 5.41. The van der Waals surface area contributed by atoms with Crippen molar-refractivity contribution < 1.29 is 82.8 Å². The number of rotatable bonds is 20. The van der Waals surface area contributed by atoms with Crippen LogP contribution in [0.4, 0.5) is 26.7 Å². The zero-order valence-corrected chi connectivity index (χ0v) is 60.6. The molecule has 12 N–H and O–H groups in total. The summed E-state index contributed by atoms with van der Waals surface area (Å²) in [7, 11) is 1.42. The van der Waals surface area contributed by atoms with Crippen LogP contribution in [-0.4, -0.2) is 177 Å². The molecule has 4 aromatic carbocycles. The number of benzene rings is 4. The number of methoxy groups -OCH3 is 1. The Balaban J connectivity index is 0.900. The van der Waals surface area contributed by atoms with Crippen LogP contribution in [0.2, 0.25) is 0 Å². The van der Waals surface area contributed by atoms with Crippen LogP contribution in [0.25, 0.3) is 37.0 Å². The zero-order valence-electron chi connectivity index (χ0n) is 59.8. The highest BCUT2D eigenvalue weighted by Crippen LogP contribution is 2.43. The average Bonchev–Trinajstić information content (AvgIpc) is 1.38. The van der Waals surface area contributed by atoms with E-state index in [1.54, 1.807) is 84.0 Å². The summed E-state index contributed by atoms with van der Waals surface area (Å²) in [5.74, 6) is -9.30. The third-order valence-corrected chi connectivity index (χ3v) is 20.8. The van der Waals surface area contributed by atoms with Crippen molar-refractivity contribution in [3.05, 3.63) is 121 Å². The van der Waals surface area contributed by atoms with Crippen molar-refractivity contribution in [3.8, 4) is 11.5 Å². The van der Waals surface area contributed by atoms with Crippen molar-refractivity contribution in [3.63, 3.8) is 0 Å². The standard InChI is InChI=1S/C74H92N10O19S/c1-37(2)57(79-51(86)19-12-11-13-28-84-52(87)24-25-53(84)88)71(97)78-47(18-15-27-76-72(75)98)70(96)77-45-22-20-44(21-23-45)36-101-73(99)83-31-29-82(30-32-83)46-34-48(85)58-50(35-46)104-67-59(80-58)54-55-64(92)43(8)66-56(54)68(94)74(9,103-66)102-33-26-49(100-10)40(5)62(90)42(7)63(91)41(6)61(89)38(3)16-14-17-39(4)69(95)81-60(67)65(55)93/h14,16-17,20-26,33-35,37-38,40-42,47,49,57,61-63,89-92,94H,11-13,15,18-19,27-32,36H2,1-10H3,(H,77,96)(H,78,97)(H,79,86)(H,81,95)(H3,75,76,98)/b16-14+,33-26+,39-17-/t38-,40+,41+,42-,47-,49-,57-,61-,62+,63+,74-/m0/s1. The van der Waals surface area contributed by atoms with E-state index in [4.69, 9.17) is 29.7 Å². The van der Waals surface area contributed by atoms with Crippen LogP contribution in [0.15, 0.2) is 94.3 Å². The molecular weight excluding hydrogens is 1360 g/mol. The molecule has 0 spiro atoms. The Labute approximate surface area is 603 Å². The maximum absolute atomic E-state index is 15.2. The number of aliphatic hydroxyl groups excluding tert-OH is 4. The van der Waals surface area contributed by atoms with Gasteiger partial charge in [-0.15, -0.1) is 11.3 Å². The number of piperazine rings is 1. The van der Waals surface area contributed by atoms with Gasteiger partial charge in [0.05, 0.1) is 56.2 Å². The van der Waals surface area contributed by atoms with Crippen molar-refractivity contribution >= 4 is 113 Å². The molecule has 0 aliphatic carbocycles. The van der Waals surface area contributed by atoms with Crippen molar-refractivity contribution in [2.45, 2.75) is 150 Å². The maximum atomic E-state index is 15.2. The number of nitrogens with one attached hydrogen (secondary N) is 5. The zero-order chi connectivity index (χ0) is 75.8. The summed E-state index contributed by atoms with van der Waals surface area (Å²) < 4.78 is 24.3. The van der Waals surface area contributed by atoms with E-state index in [1.807, 2.05) is 4.90 Å². The minimum atomic E-state index is -2.01. The normalized spacial score (nSPS) is 24.2. The van der Waals surface area contributed by atoms with Gasteiger partial charge in [-0.3, -0.25) is 43.3 Å². The fourth-order valence-corrected chi connectivity index (χ4v) is 14.3. The summed E-state index contributed by atoms with van der Waals surface area (Å²) in [5, 5.41) is 71.8. The summed E-state index contributed by atoms with van der Waals surface area (Å²) in [6, 6.07) is 6.68. The van der Waals surface area contributed by atoms with E-state index < -0.39 is 124 Å². The summed E-state index contributed by atoms with van der Waals surface area (Å²) in [5.41, 5.74) is 5.00. The number of urea groups is 1. The molecular formula is C74H92N10O19S. The number of aromatic nitrogens is 1. The highest BCUT2D eigenvalue weighted by molar-refractivity contribution is 7.25. The van der Waals surface area contributed by atoms with E-state index in [2.05, 4.69) is 26.6 Å². The second kappa shape index (κ2) is 33.6. The molecule has 0 unspecified atom stereocenters. The second-order valence-electron chi connectivity index (χ2n) is 27.4. The Kier molecular flexibility index (Phi) is 25.3. The van der Waals surface area contributed by atoms with E-state index in [0.717, 1.165) is 16.2 Å². The lowest BCUT2D eigenvalue weighted by atomic mass is 9.78. The number of nitrogens with two attached hydrogens (primary N) is 1. The minimum absolute atomic E-state index is 0.0310. The van der Waals surface area contributed by atoms with Crippen LogP contribution < -0.4 is 58.0 Å². The number of fused-ring (bicyclic) bond motifs is 2. The van der Waals surface area contributed by atoms with Crippen LogP contribution in [0.5, 0.6) is 11.5 Å². The maximum Gasteiger partial charge on any atom is 0.410 e. The molecule has 29 nitrogen and oxygen atoms in total. The van der Waals surface area contributed by atoms with Crippen molar-refractivity contribution in [2.24, 2.45) is 35.3 Å². The van der Waals surface area contributed by atoms with Gasteiger partial charge in [0.2, 0.25) is 28.6 Å². The molecule has 1 saturated heterocycles. The number of carbonyl (C=O) groups is 8. The minimum Gasteiger partial charge on any atom is -0.507 e. The number of hydrogen-bond acceptors (Lipinski definition) is 22. The Bertz CT molecular complexity index is 4440. The number of anilines is 3. The van der Waals surface area contributed by atoms with Gasteiger partial charge in [0.25, 0.3) is 17.7 Å². The lowest BCUT2D eigenvalue weighted by Crippen LogP contribution is -2.54. The fraction of sp³-hybridized carbons (Fsp3) is 0.473. The van der Waals surface area contributed by atoms with Gasteiger partial charge >= 0.3 is 17.9 Å². The van der Waals surface area contributed by atoms with Crippen LogP contribution in [0, 0.1) is 36.5 Å². The molecule has 1 aromatic heterocycles. The Morgan fingerprint density at radius 1 is 0.827 bits per heavy atom. The van der Waals surface area contributed by atoms with Gasteiger partial charge in [-0.25, -0.2) is 14.6 Å². The Morgan fingerprint density at radius 2 is 1.50 bits per heavy atom. The largest absolute Gasteiger partial charge is 0.507 e. The topological polar surface area (TPSA) is 418 Å². The number of carbonyl (C=O) groups excluding carboxylic acids is 8. The Hall–Kier alpha value is -10.0. The number of imide groups is 1. The smallest absolute Gasteiger partial charge is 0.410 e. The number of phenols is 1. The number of aromatic hydroxyl groups is 1. The average molecular weight is 1460 g/mol. The highest BCUT2D eigenvalue weighted by Gasteiger charge is 2.44. The summed E-state index contributed by atoms with van der Waals surface area (Å²) in [6.07, 6.45) is 6.88. The predicted molar refractivity (Wildman–Crippen MR) is 390 cm³/mol. The molecule has 4 aliphatic heterocycles. The molecule has 30 heteroatoms. The first-order valence-corrected chi connectivity index (χ1v) is 35.5. The number of aliphatic hydroxyl groups is 4.